The highest BCUT2D eigenvalue weighted by Crippen LogP contribution is 2.22. The van der Waals surface area contributed by atoms with Gasteiger partial charge in [-0.25, -0.2) is 9.78 Å². The zero-order valence-electron chi connectivity index (χ0n) is 12.7. The zero-order valence-corrected chi connectivity index (χ0v) is 13.5. The number of carbonyl (C=O) groups is 1. The first-order valence-corrected chi connectivity index (χ1v) is 7.57. The van der Waals surface area contributed by atoms with Crippen LogP contribution in [0.2, 0.25) is 5.15 Å². The number of alkyl carbamates (subject to hydrolysis) is 1. The van der Waals surface area contributed by atoms with Crippen molar-refractivity contribution < 1.29 is 9.53 Å². The molecule has 1 atom stereocenters. The van der Waals surface area contributed by atoms with Gasteiger partial charge in [0.15, 0.2) is 0 Å². The molecular weight excluding hydrogens is 290 g/mol. The molecule has 0 spiro atoms. The van der Waals surface area contributed by atoms with E-state index in [0.29, 0.717) is 5.15 Å². The molecule has 2 heterocycles. The third kappa shape index (κ3) is 5.08. The number of hydrogen-bond acceptors (Lipinski definition) is 4. The summed E-state index contributed by atoms with van der Waals surface area (Å²) in [6.07, 6.45) is 3.31. The highest BCUT2D eigenvalue weighted by atomic mass is 35.5. The summed E-state index contributed by atoms with van der Waals surface area (Å²) in [7, 11) is 0. The average molecular weight is 312 g/mol. The quantitative estimate of drug-likeness (QED) is 0.852. The SMILES string of the molecule is CC(C)(C)OC(=O)N[C@H]1CCCN(c2ccnc(Cl)c2)C1. The number of piperidine rings is 1. The van der Waals surface area contributed by atoms with Gasteiger partial charge in [0.05, 0.1) is 0 Å². The summed E-state index contributed by atoms with van der Waals surface area (Å²) in [6, 6.07) is 3.86. The van der Waals surface area contributed by atoms with E-state index in [0.717, 1.165) is 31.6 Å². The van der Waals surface area contributed by atoms with Gasteiger partial charge in [-0.05, 0) is 45.7 Å². The third-order valence-electron chi connectivity index (χ3n) is 3.22. The molecule has 0 unspecified atom stereocenters. The van der Waals surface area contributed by atoms with Crippen LogP contribution in [0.15, 0.2) is 18.3 Å². The van der Waals surface area contributed by atoms with E-state index in [2.05, 4.69) is 15.2 Å². The Kier molecular flexibility index (Phi) is 4.93. The number of amides is 1. The van der Waals surface area contributed by atoms with Crippen LogP contribution in [-0.4, -0.2) is 35.8 Å². The number of pyridine rings is 1. The van der Waals surface area contributed by atoms with Gasteiger partial charge in [-0.3, -0.25) is 0 Å². The first-order valence-electron chi connectivity index (χ1n) is 7.19. The summed E-state index contributed by atoms with van der Waals surface area (Å²) in [6.45, 7) is 7.28. The number of rotatable bonds is 2. The molecule has 1 N–H and O–H groups in total. The summed E-state index contributed by atoms with van der Waals surface area (Å²) in [5.74, 6) is 0. The van der Waals surface area contributed by atoms with Crippen LogP contribution in [0.3, 0.4) is 0 Å². The molecule has 0 radical (unpaired) electrons. The molecule has 1 aromatic rings. The van der Waals surface area contributed by atoms with Gasteiger partial charge in [-0.1, -0.05) is 11.6 Å². The highest BCUT2D eigenvalue weighted by molar-refractivity contribution is 6.29. The number of nitrogens with one attached hydrogen (secondary N) is 1. The van der Waals surface area contributed by atoms with E-state index < -0.39 is 5.60 Å². The lowest BCUT2D eigenvalue weighted by Crippen LogP contribution is -2.49. The minimum Gasteiger partial charge on any atom is -0.444 e. The Balaban J connectivity index is 1.93. The van der Waals surface area contributed by atoms with Crippen LogP contribution in [0.25, 0.3) is 0 Å². The molecule has 21 heavy (non-hydrogen) atoms. The van der Waals surface area contributed by atoms with Crippen molar-refractivity contribution in [1.82, 2.24) is 10.3 Å². The third-order valence-corrected chi connectivity index (χ3v) is 3.42. The number of ether oxygens (including phenoxy) is 1. The number of nitrogens with zero attached hydrogens (tertiary/aromatic N) is 2. The number of halogens is 1. The molecule has 1 aliphatic rings. The first kappa shape index (κ1) is 15.9. The van der Waals surface area contributed by atoms with E-state index in [1.807, 2.05) is 32.9 Å². The number of carbonyl (C=O) groups excluding carboxylic acids is 1. The summed E-state index contributed by atoms with van der Waals surface area (Å²) in [5, 5.41) is 3.42. The molecule has 1 saturated heterocycles. The van der Waals surface area contributed by atoms with Gasteiger partial charge in [0.25, 0.3) is 0 Å². The largest absolute Gasteiger partial charge is 0.444 e. The maximum Gasteiger partial charge on any atom is 0.407 e. The van der Waals surface area contributed by atoms with Crippen LogP contribution < -0.4 is 10.2 Å². The second kappa shape index (κ2) is 6.52. The van der Waals surface area contributed by atoms with Gasteiger partial charge in [0.1, 0.15) is 10.8 Å². The smallest absolute Gasteiger partial charge is 0.407 e. The van der Waals surface area contributed by atoms with Gasteiger partial charge in [-0.2, -0.15) is 0 Å². The monoisotopic (exact) mass is 311 g/mol. The summed E-state index contributed by atoms with van der Waals surface area (Å²) < 4.78 is 5.30. The molecule has 1 aliphatic heterocycles. The molecule has 0 bridgehead atoms. The summed E-state index contributed by atoms with van der Waals surface area (Å²) in [5.41, 5.74) is 0.558. The van der Waals surface area contributed by atoms with Crippen LogP contribution in [0.1, 0.15) is 33.6 Å². The average Bonchev–Trinajstić information content (AvgIpc) is 2.36. The van der Waals surface area contributed by atoms with Gasteiger partial charge >= 0.3 is 6.09 Å². The summed E-state index contributed by atoms with van der Waals surface area (Å²) >= 11 is 5.93. The summed E-state index contributed by atoms with van der Waals surface area (Å²) in [4.78, 5) is 18.0. The van der Waals surface area contributed by atoms with Gasteiger partial charge in [-0.15, -0.1) is 0 Å². The fourth-order valence-electron chi connectivity index (χ4n) is 2.39. The van der Waals surface area contributed by atoms with Crippen LogP contribution in [0, 0.1) is 0 Å². The van der Waals surface area contributed by atoms with Gasteiger partial charge in [0, 0.05) is 31.0 Å². The molecule has 0 saturated carbocycles. The molecule has 5 nitrogen and oxygen atoms in total. The van der Waals surface area contributed by atoms with E-state index in [1.165, 1.54) is 0 Å². The van der Waals surface area contributed by atoms with Crippen molar-refractivity contribution in [1.29, 1.82) is 0 Å². The second-order valence-corrected chi connectivity index (χ2v) is 6.66. The Morgan fingerprint density at radius 3 is 2.95 bits per heavy atom. The van der Waals surface area contributed by atoms with E-state index >= 15 is 0 Å². The Morgan fingerprint density at radius 1 is 1.52 bits per heavy atom. The van der Waals surface area contributed by atoms with E-state index in [-0.39, 0.29) is 12.1 Å². The number of aromatic nitrogens is 1. The Bertz CT molecular complexity index is 502. The molecule has 2 rings (SSSR count). The normalized spacial score (nSPS) is 19.2. The second-order valence-electron chi connectivity index (χ2n) is 6.27. The van der Waals surface area contributed by atoms with Crippen molar-refractivity contribution in [3.63, 3.8) is 0 Å². The van der Waals surface area contributed by atoms with Gasteiger partial charge < -0.3 is 15.0 Å². The maximum atomic E-state index is 11.8. The number of hydrogen-bond donors (Lipinski definition) is 1. The van der Waals surface area contributed by atoms with Crippen molar-refractivity contribution >= 4 is 23.4 Å². The highest BCUT2D eigenvalue weighted by Gasteiger charge is 2.24. The molecule has 0 aromatic carbocycles. The first-order chi connectivity index (χ1) is 9.83. The topological polar surface area (TPSA) is 54.5 Å². The van der Waals surface area contributed by atoms with E-state index in [9.17, 15) is 4.79 Å². The Morgan fingerprint density at radius 2 is 2.29 bits per heavy atom. The zero-order chi connectivity index (χ0) is 15.5. The predicted molar refractivity (Wildman–Crippen MR) is 83.9 cm³/mol. The van der Waals surface area contributed by atoms with Gasteiger partial charge in [0.2, 0.25) is 0 Å². The lowest BCUT2D eigenvalue weighted by molar-refractivity contribution is 0.0500. The molecule has 0 aliphatic carbocycles. The molecule has 6 heteroatoms. The molecule has 1 fully saturated rings. The maximum absolute atomic E-state index is 11.8. The van der Waals surface area contributed by atoms with Crippen molar-refractivity contribution in [2.45, 2.75) is 45.3 Å². The predicted octanol–water partition coefficient (Wildman–Crippen LogP) is 3.23. The van der Waals surface area contributed by atoms with Crippen molar-refractivity contribution in [2.24, 2.45) is 0 Å². The van der Waals surface area contributed by atoms with Crippen molar-refractivity contribution in [3.05, 3.63) is 23.5 Å². The fourth-order valence-corrected chi connectivity index (χ4v) is 2.56. The van der Waals surface area contributed by atoms with Crippen molar-refractivity contribution in [3.8, 4) is 0 Å². The lowest BCUT2D eigenvalue weighted by Gasteiger charge is -2.35. The number of anilines is 1. The van der Waals surface area contributed by atoms with Crippen molar-refractivity contribution in [2.75, 3.05) is 18.0 Å². The van der Waals surface area contributed by atoms with Crippen LogP contribution >= 0.6 is 11.6 Å². The molecular formula is C15H22ClN3O2. The minimum atomic E-state index is -0.475. The van der Waals surface area contributed by atoms with E-state index in [1.54, 1.807) is 6.20 Å². The van der Waals surface area contributed by atoms with Crippen LogP contribution in [0.5, 0.6) is 0 Å². The van der Waals surface area contributed by atoms with E-state index in [4.69, 9.17) is 16.3 Å². The molecule has 1 amide bonds. The minimum absolute atomic E-state index is 0.0838. The fraction of sp³-hybridized carbons (Fsp3) is 0.600. The van der Waals surface area contributed by atoms with Crippen LogP contribution in [-0.2, 0) is 4.74 Å². The van der Waals surface area contributed by atoms with Crippen LogP contribution in [0.4, 0.5) is 10.5 Å². The Hall–Kier alpha value is -1.49. The standard InChI is InChI=1S/C15H22ClN3O2/c1-15(2,3)21-14(20)18-11-5-4-8-19(10-11)12-6-7-17-13(16)9-12/h6-7,9,11H,4-5,8,10H2,1-3H3,(H,18,20)/t11-/m0/s1. The lowest BCUT2D eigenvalue weighted by atomic mass is 10.1. The Labute approximate surface area is 130 Å². The molecule has 116 valence electrons. The molecule has 1 aromatic heterocycles.